The Morgan fingerprint density at radius 1 is 1.07 bits per heavy atom. The third-order valence-electron chi connectivity index (χ3n) is 6.00. The number of nitrogens with zero attached hydrogens (tertiary/aromatic N) is 4. The second-order valence-corrected chi connectivity index (χ2v) is 8.01. The first-order valence-corrected chi connectivity index (χ1v) is 10.7. The van der Waals surface area contributed by atoms with E-state index >= 15 is 0 Å². The van der Waals surface area contributed by atoms with Gasteiger partial charge in [-0.3, -0.25) is 14.8 Å². The standard InChI is InChI=1S/C24H25N5O/c30-24(27-19-10-12-26-22(15-19)29-13-1-2-14-29)20-7-3-5-17-8-9-21(28-23(17)20)18-6-4-11-25-16-18/h4,6,8-12,15-16,20H,1-3,5,7,13-14H2,(H,26,27,30). The number of pyridine rings is 3. The van der Waals surface area contributed by atoms with Crippen molar-refractivity contribution in [1.82, 2.24) is 15.0 Å². The average Bonchev–Trinajstić information content (AvgIpc) is 3.34. The number of hydrogen-bond acceptors (Lipinski definition) is 5. The lowest BCUT2D eigenvalue weighted by atomic mass is 9.85. The van der Waals surface area contributed by atoms with Crippen LogP contribution in [0.4, 0.5) is 11.5 Å². The van der Waals surface area contributed by atoms with Crippen LogP contribution in [-0.4, -0.2) is 33.9 Å². The van der Waals surface area contributed by atoms with E-state index in [9.17, 15) is 4.79 Å². The van der Waals surface area contributed by atoms with E-state index in [1.54, 1.807) is 12.4 Å². The lowest BCUT2D eigenvalue weighted by Crippen LogP contribution is -2.26. The van der Waals surface area contributed by atoms with E-state index < -0.39 is 0 Å². The third kappa shape index (κ3) is 3.77. The van der Waals surface area contributed by atoms with Crippen LogP contribution in [0.15, 0.2) is 55.0 Å². The smallest absolute Gasteiger partial charge is 0.233 e. The third-order valence-corrected chi connectivity index (χ3v) is 6.00. The van der Waals surface area contributed by atoms with Gasteiger partial charge in [0.05, 0.1) is 17.3 Å². The normalized spacial score (nSPS) is 18.1. The molecule has 2 aliphatic rings. The highest BCUT2D eigenvalue weighted by atomic mass is 16.1. The Kier molecular flexibility index (Phi) is 5.13. The van der Waals surface area contributed by atoms with Gasteiger partial charge >= 0.3 is 0 Å². The molecule has 6 nitrogen and oxygen atoms in total. The summed E-state index contributed by atoms with van der Waals surface area (Å²) in [5.74, 6) is 0.700. The minimum atomic E-state index is -0.242. The van der Waals surface area contributed by atoms with Crippen molar-refractivity contribution >= 4 is 17.4 Å². The molecule has 1 atom stereocenters. The van der Waals surface area contributed by atoms with Gasteiger partial charge in [0.2, 0.25) is 5.91 Å². The molecule has 1 fully saturated rings. The first-order valence-electron chi connectivity index (χ1n) is 10.7. The van der Waals surface area contributed by atoms with Gasteiger partial charge in [-0.1, -0.05) is 6.07 Å². The summed E-state index contributed by atoms with van der Waals surface area (Å²) < 4.78 is 0. The van der Waals surface area contributed by atoms with Crippen molar-refractivity contribution in [3.8, 4) is 11.3 Å². The predicted octanol–water partition coefficient (Wildman–Crippen LogP) is 4.20. The SMILES string of the molecule is O=C(Nc1ccnc(N2CCCC2)c1)C1CCCc2ccc(-c3cccnc3)nc21. The highest BCUT2D eigenvalue weighted by molar-refractivity contribution is 5.96. The van der Waals surface area contributed by atoms with Crippen LogP contribution in [0.5, 0.6) is 0 Å². The van der Waals surface area contributed by atoms with E-state index in [0.717, 1.165) is 60.8 Å². The lowest BCUT2D eigenvalue weighted by Gasteiger charge is -2.24. The molecule has 1 amide bonds. The van der Waals surface area contributed by atoms with Crippen LogP contribution in [0.2, 0.25) is 0 Å². The van der Waals surface area contributed by atoms with Crippen LogP contribution in [0.25, 0.3) is 11.3 Å². The molecule has 152 valence electrons. The van der Waals surface area contributed by atoms with Gasteiger partial charge in [-0.05, 0) is 61.9 Å². The molecule has 0 aromatic carbocycles. The van der Waals surface area contributed by atoms with E-state index in [0.29, 0.717) is 0 Å². The number of fused-ring (bicyclic) bond motifs is 1. The molecule has 0 bridgehead atoms. The fraction of sp³-hybridized carbons (Fsp3) is 0.333. The summed E-state index contributed by atoms with van der Waals surface area (Å²) >= 11 is 0. The maximum absolute atomic E-state index is 13.2. The maximum atomic E-state index is 13.2. The van der Waals surface area contributed by atoms with Crippen molar-refractivity contribution in [2.75, 3.05) is 23.3 Å². The van der Waals surface area contributed by atoms with Crippen molar-refractivity contribution in [1.29, 1.82) is 0 Å². The number of amides is 1. The van der Waals surface area contributed by atoms with Crippen molar-refractivity contribution < 1.29 is 4.79 Å². The van der Waals surface area contributed by atoms with Gasteiger partial charge in [-0.15, -0.1) is 0 Å². The van der Waals surface area contributed by atoms with Crippen LogP contribution in [0, 0.1) is 0 Å². The van der Waals surface area contributed by atoms with Crippen molar-refractivity contribution in [3.63, 3.8) is 0 Å². The molecular formula is C24H25N5O. The molecule has 0 saturated carbocycles. The average molecular weight is 399 g/mol. The molecule has 30 heavy (non-hydrogen) atoms. The first-order chi connectivity index (χ1) is 14.8. The quantitative estimate of drug-likeness (QED) is 0.712. The number of rotatable bonds is 4. The monoisotopic (exact) mass is 399 g/mol. The summed E-state index contributed by atoms with van der Waals surface area (Å²) in [5.41, 5.74) is 4.69. The molecule has 3 aromatic heterocycles. The molecule has 1 unspecified atom stereocenters. The summed E-state index contributed by atoms with van der Waals surface area (Å²) in [6, 6.07) is 11.9. The molecule has 5 rings (SSSR count). The number of nitrogens with one attached hydrogen (secondary N) is 1. The topological polar surface area (TPSA) is 71.0 Å². The summed E-state index contributed by atoms with van der Waals surface area (Å²) in [6.07, 6.45) is 10.5. The zero-order chi connectivity index (χ0) is 20.3. The van der Waals surface area contributed by atoms with E-state index in [2.05, 4.69) is 26.3 Å². The first kappa shape index (κ1) is 18.7. The zero-order valence-corrected chi connectivity index (χ0v) is 16.9. The minimum absolute atomic E-state index is 0.00496. The highest BCUT2D eigenvalue weighted by Crippen LogP contribution is 2.33. The maximum Gasteiger partial charge on any atom is 0.233 e. The Balaban J connectivity index is 1.39. The Labute approximate surface area is 176 Å². The minimum Gasteiger partial charge on any atom is -0.357 e. The van der Waals surface area contributed by atoms with E-state index in [4.69, 9.17) is 4.98 Å². The molecular weight excluding hydrogens is 374 g/mol. The Morgan fingerprint density at radius 3 is 2.80 bits per heavy atom. The second-order valence-electron chi connectivity index (χ2n) is 8.01. The van der Waals surface area contributed by atoms with Gasteiger partial charge in [0, 0.05) is 49.0 Å². The van der Waals surface area contributed by atoms with Crippen LogP contribution in [0.1, 0.15) is 42.9 Å². The number of hydrogen-bond donors (Lipinski definition) is 1. The molecule has 0 spiro atoms. The molecule has 3 aromatic rings. The van der Waals surface area contributed by atoms with Crippen molar-refractivity contribution in [3.05, 3.63) is 66.2 Å². The van der Waals surface area contributed by atoms with E-state index in [1.165, 1.54) is 18.4 Å². The fourth-order valence-electron chi connectivity index (χ4n) is 4.43. The predicted molar refractivity (Wildman–Crippen MR) is 117 cm³/mol. The lowest BCUT2D eigenvalue weighted by molar-refractivity contribution is -0.118. The van der Waals surface area contributed by atoms with Gasteiger partial charge in [0.25, 0.3) is 0 Å². The zero-order valence-electron chi connectivity index (χ0n) is 16.9. The molecule has 6 heteroatoms. The summed E-state index contributed by atoms with van der Waals surface area (Å²) in [4.78, 5) is 29.0. The van der Waals surface area contributed by atoms with Crippen molar-refractivity contribution in [2.24, 2.45) is 0 Å². The number of anilines is 2. The van der Waals surface area contributed by atoms with Gasteiger partial charge in [-0.2, -0.15) is 0 Å². The molecule has 1 N–H and O–H groups in total. The molecule has 1 aliphatic carbocycles. The highest BCUT2D eigenvalue weighted by Gasteiger charge is 2.28. The second kappa shape index (κ2) is 8.22. The fourth-order valence-corrected chi connectivity index (χ4v) is 4.43. The molecule has 1 aliphatic heterocycles. The number of carbonyl (C=O) groups excluding carboxylic acids is 1. The Morgan fingerprint density at radius 2 is 1.97 bits per heavy atom. The largest absolute Gasteiger partial charge is 0.357 e. The molecule has 4 heterocycles. The Bertz CT molecular complexity index is 1050. The van der Waals surface area contributed by atoms with Gasteiger partial charge in [0.1, 0.15) is 5.82 Å². The number of carbonyl (C=O) groups is 1. The van der Waals surface area contributed by atoms with Gasteiger partial charge in [-0.25, -0.2) is 4.98 Å². The number of aryl methyl sites for hydroxylation is 1. The Hall–Kier alpha value is -3.28. The van der Waals surface area contributed by atoms with Gasteiger partial charge < -0.3 is 10.2 Å². The molecule has 1 saturated heterocycles. The van der Waals surface area contributed by atoms with Crippen LogP contribution in [0.3, 0.4) is 0 Å². The van der Waals surface area contributed by atoms with Gasteiger partial charge in [0.15, 0.2) is 0 Å². The molecule has 0 radical (unpaired) electrons. The summed E-state index contributed by atoms with van der Waals surface area (Å²) in [6.45, 7) is 2.06. The van der Waals surface area contributed by atoms with Crippen LogP contribution >= 0.6 is 0 Å². The summed E-state index contributed by atoms with van der Waals surface area (Å²) in [5, 5.41) is 3.12. The van der Waals surface area contributed by atoms with Crippen molar-refractivity contribution in [2.45, 2.75) is 38.0 Å². The van der Waals surface area contributed by atoms with Crippen LogP contribution < -0.4 is 10.2 Å². The van der Waals surface area contributed by atoms with Crippen LogP contribution in [-0.2, 0) is 11.2 Å². The van der Waals surface area contributed by atoms with E-state index in [-0.39, 0.29) is 11.8 Å². The number of aromatic nitrogens is 3. The summed E-state index contributed by atoms with van der Waals surface area (Å²) in [7, 11) is 0. The van der Waals surface area contributed by atoms with E-state index in [1.807, 2.05) is 36.5 Å².